The lowest BCUT2D eigenvalue weighted by Crippen LogP contribution is -2.29. The van der Waals surface area contributed by atoms with E-state index in [0.29, 0.717) is 23.0 Å². The molecule has 0 aliphatic carbocycles. The lowest BCUT2D eigenvalue weighted by atomic mass is 10.0. The Morgan fingerprint density at radius 2 is 1.65 bits per heavy atom. The highest BCUT2D eigenvalue weighted by Gasteiger charge is 2.19. The topological polar surface area (TPSA) is 90.3 Å². The Kier molecular flexibility index (Phi) is 6.84. The van der Waals surface area contributed by atoms with Gasteiger partial charge >= 0.3 is 5.97 Å². The molecule has 162 valence electrons. The minimum Gasteiger partial charge on any atom is -0.451 e. The van der Waals surface area contributed by atoms with Crippen LogP contribution in [0.1, 0.15) is 49.7 Å². The van der Waals surface area contributed by atoms with Crippen molar-refractivity contribution in [2.24, 2.45) is 5.92 Å². The quantitative estimate of drug-likeness (QED) is 0.583. The van der Waals surface area contributed by atoms with Gasteiger partial charge in [-0.2, -0.15) is 5.10 Å². The minimum atomic E-state index is -0.749. The number of nitrogens with zero attached hydrogens (tertiary/aromatic N) is 2. The smallest absolute Gasteiger partial charge is 0.359 e. The number of carbonyl (C=O) groups is 2. The Morgan fingerprint density at radius 3 is 2.32 bits per heavy atom. The third kappa shape index (κ3) is 5.17. The van der Waals surface area contributed by atoms with E-state index >= 15 is 0 Å². The molecule has 0 spiro atoms. The molecule has 0 saturated carbocycles. The molecule has 1 heterocycles. The summed E-state index contributed by atoms with van der Waals surface area (Å²) in [5.41, 5.74) is 1.44. The number of fused-ring (bicyclic) bond motifs is 1. The summed E-state index contributed by atoms with van der Waals surface area (Å²) in [6.07, 6.45) is 0. The fourth-order valence-electron chi connectivity index (χ4n) is 3.36. The predicted octanol–water partition coefficient (Wildman–Crippen LogP) is 3.97. The highest BCUT2D eigenvalue weighted by atomic mass is 16.5. The average molecular weight is 421 g/mol. The lowest BCUT2D eigenvalue weighted by Gasteiger charge is -2.14. The monoisotopic (exact) mass is 421 g/mol. The third-order valence-corrected chi connectivity index (χ3v) is 4.79. The number of hydrogen-bond donors (Lipinski definition) is 1. The van der Waals surface area contributed by atoms with E-state index in [1.54, 1.807) is 24.3 Å². The van der Waals surface area contributed by atoms with Crippen LogP contribution in [0.5, 0.6) is 0 Å². The van der Waals surface area contributed by atoms with E-state index < -0.39 is 18.5 Å². The molecule has 1 N–H and O–H groups in total. The van der Waals surface area contributed by atoms with Gasteiger partial charge in [-0.05, 0) is 29.5 Å². The maximum atomic E-state index is 12.8. The first-order valence-electron chi connectivity index (χ1n) is 10.3. The van der Waals surface area contributed by atoms with E-state index in [4.69, 9.17) is 4.74 Å². The molecule has 0 fully saturated rings. The molecule has 0 aliphatic heterocycles. The Labute approximate surface area is 181 Å². The first-order valence-corrected chi connectivity index (χ1v) is 10.3. The Balaban J connectivity index is 1.80. The molecule has 0 aliphatic rings. The zero-order valence-corrected chi connectivity index (χ0v) is 18.2. The van der Waals surface area contributed by atoms with E-state index in [9.17, 15) is 14.4 Å². The lowest BCUT2D eigenvalue weighted by molar-refractivity contribution is -0.119. The summed E-state index contributed by atoms with van der Waals surface area (Å²) in [5, 5.41) is 7.82. The van der Waals surface area contributed by atoms with Crippen molar-refractivity contribution in [2.75, 3.05) is 11.9 Å². The normalized spacial score (nSPS) is 11.2. The molecule has 1 aromatic heterocycles. The number of carbonyl (C=O) groups excluding carboxylic acids is 2. The van der Waals surface area contributed by atoms with Crippen LogP contribution in [-0.2, 0) is 16.1 Å². The number of anilines is 1. The number of nitrogens with one attached hydrogen (secondary N) is 1. The Hall–Kier alpha value is -3.48. The van der Waals surface area contributed by atoms with Gasteiger partial charge in [-0.25, -0.2) is 9.48 Å². The zero-order valence-electron chi connectivity index (χ0n) is 18.2. The number of amides is 1. The molecule has 7 nitrogen and oxygen atoms in total. The second kappa shape index (κ2) is 9.55. The van der Waals surface area contributed by atoms with Crippen LogP contribution in [0.15, 0.2) is 53.3 Å². The minimum absolute atomic E-state index is 0.0197. The van der Waals surface area contributed by atoms with Crippen LogP contribution in [-0.4, -0.2) is 28.3 Å². The van der Waals surface area contributed by atoms with Gasteiger partial charge in [0.25, 0.3) is 11.5 Å². The maximum Gasteiger partial charge on any atom is 0.359 e. The number of hydrogen-bond acceptors (Lipinski definition) is 5. The molecule has 31 heavy (non-hydrogen) atoms. The maximum absolute atomic E-state index is 12.8. The molecule has 3 rings (SSSR count). The van der Waals surface area contributed by atoms with E-state index in [1.165, 1.54) is 4.68 Å². The molecular formula is C24H27N3O4. The summed E-state index contributed by atoms with van der Waals surface area (Å²) in [6, 6.07) is 14.3. The van der Waals surface area contributed by atoms with Crippen LogP contribution in [0.25, 0.3) is 10.8 Å². The molecule has 1 amide bonds. The van der Waals surface area contributed by atoms with Crippen molar-refractivity contribution in [3.05, 3.63) is 70.1 Å². The van der Waals surface area contributed by atoms with Crippen molar-refractivity contribution in [3.63, 3.8) is 0 Å². The first-order chi connectivity index (χ1) is 14.8. The predicted molar refractivity (Wildman–Crippen MR) is 120 cm³/mol. The van der Waals surface area contributed by atoms with Crippen LogP contribution in [0.2, 0.25) is 0 Å². The number of aromatic nitrogens is 2. The van der Waals surface area contributed by atoms with Crippen molar-refractivity contribution in [3.8, 4) is 0 Å². The number of ether oxygens (including phenoxy) is 1. The second-order valence-electron chi connectivity index (χ2n) is 8.14. The summed E-state index contributed by atoms with van der Waals surface area (Å²) in [4.78, 5) is 37.8. The van der Waals surface area contributed by atoms with Crippen LogP contribution >= 0.6 is 0 Å². The largest absolute Gasteiger partial charge is 0.451 e. The van der Waals surface area contributed by atoms with Crippen LogP contribution in [0, 0.1) is 5.92 Å². The second-order valence-corrected chi connectivity index (χ2v) is 8.14. The number of benzene rings is 2. The number of rotatable bonds is 7. The Morgan fingerprint density at radius 1 is 1.00 bits per heavy atom. The van der Waals surface area contributed by atoms with Crippen LogP contribution in [0.3, 0.4) is 0 Å². The van der Waals surface area contributed by atoms with Crippen molar-refractivity contribution in [1.82, 2.24) is 9.78 Å². The number of esters is 1. The molecule has 3 aromatic rings. The van der Waals surface area contributed by atoms with Crippen LogP contribution < -0.4 is 10.9 Å². The van der Waals surface area contributed by atoms with Gasteiger partial charge in [0, 0.05) is 17.6 Å². The van der Waals surface area contributed by atoms with Crippen molar-refractivity contribution >= 4 is 28.3 Å². The molecular weight excluding hydrogens is 394 g/mol. The highest BCUT2D eigenvalue weighted by molar-refractivity contribution is 6.03. The fourth-order valence-corrected chi connectivity index (χ4v) is 3.36. The first kappa shape index (κ1) is 22.2. The molecule has 0 saturated heterocycles. The summed E-state index contributed by atoms with van der Waals surface area (Å²) >= 11 is 0. The summed E-state index contributed by atoms with van der Waals surface area (Å²) in [6.45, 7) is 7.91. The SMILES string of the molecule is CC(C)Cn1nc(C(=O)OCC(=O)Nc2ccccc2C(C)C)c2ccccc2c1=O. The zero-order chi connectivity index (χ0) is 22.5. The third-order valence-electron chi connectivity index (χ3n) is 4.79. The van der Waals surface area contributed by atoms with Gasteiger partial charge < -0.3 is 10.1 Å². The van der Waals surface area contributed by atoms with Gasteiger partial charge in [0.1, 0.15) is 0 Å². The number of para-hydroxylation sites is 1. The van der Waals surface area contributed by atoms with Gasteiger partial charge in [-0.1, -0.05) is 64.1 Å². The average Bonchev–Trinajstić information content (AvgIpc) is 2.74. The molecule has 0 bridgehead atoms. The molecule has 2 aromatic carbocycles. The fraction of sp³-hybridized carbons (Fsp3) is 0.333. The summed E-state index contributed by atoms with van der Waals surface area (Å²) in [5.74, 6) is -0.791. The van der Waals surface area contributed by atoms with Gasteiger partial charge in [-0.3, -0.25) is 9.59 Å². The van der Waals surface area contributed by atoms with Crippen molar-refractivity contribution in [2.45, 2.75) is 40.2 Å². The van der Waals surface area contributed by atoms with Crippen molar-refractivity contribution < 1.29 is 14.3 Å². The molecule has 0 unspecified atom stereocenters. The van der Waals surface area contributed by atoms with E-state index in [2.05, 4.69) is 10.4 Å². The van der Waals surface area contributed by atoms with E-state index in [-0.39, 0.29) is 23.1 Å². The molecule has 7 heteroatoms. The molecule has 0 radical (unpaired) electrons. The van der Waals surface area contributed by atoms with E-state index in [1.807, 2.05) is 52.0 Å². The van der Waals surface area contributed by atoms with Gasteiger partial charge in [0.05, 0.1) is 5.39 Å². The van der Waals surface area contributed by atoms with Gasteiger partial charge in [0.15, 0.2) is 12.3 Å². The van der Waals surface area contributed by atoms with E-state index in [0.717, 1.165) is 5.56 Å². The Bertz CT molecular complexity index is 1160. The van der Waals surface area contributed by atoms with Crippen LogP contribution in [0.4, 0.5) is 5.69 Å². The summed E-state index contributed by atoms with van der Waals surface area (Å²) in [7, 11) is 0. The standard InChI is InChI=1S/C24H27N3O4/c1-15(2)13-27-23(29)19-11-6-5-10-18(19)22(26-27)24(30)31-14-21(28)25-20-12-8-7-9-17(20)16(3)4/h5-12,15-16H,13-14H2,1-4H3,(H,25,28). The molecule has 0 atom stereocenters. The van der Waals surface area contributed by atoms with Gasteiger partial charge in [-0.15, -0.1) is 0 Å². The van der Waals surface area contributed by atoms with Crippen molar-refractivity contribution in [1.29, 1.82) is 0 Å². The summed E-state index contributed by atoms with van der Waals surface area (Å²) < 4.78 is 6.52. The van der Waals surface area contributed by atoms with Gasteiger partial charge in [0.2, 0.25) is 0 Å². The highest BCUT2D eigenvalue weighted by Crippen LogP contribution is 2.23.